The molecular formula is C3H7NS2. The summed E-state index contributed by atoms with van der Waals surface area (Å²) >= 11 is 4.00. The van der Waals surface area contributed by atoms with Crippen LogP contribution < -0.4 is 5.32 Å². The summed E-state index contributed by atoms with van der Waals surface area (Å²) in [5.41, 5.74) is 0. The summed E-state index contributed by atoms with van der Waals surface area (Å²) in [6, 6.07) is 0. The van der Waals surface area contributed by atoms with E-state index in [1.54, 1.807) is 10.8 Å². The molecule has 1 atom stereocenters. The fourth-order valence-electron chi connectivity index (χ4n) is 0.352. The zero-order chi connectivity index (χ0) is 4.41. The summed E-state index contributed by atoms with van der Waals surface area (Å²) in [6.07, 6.45) is 1.29. The standard InChI is InChI=1S/C3H7NS2/c5-6-3-1-2-4-3/h3-5H,1-2H2. The predicted molar refractivity (Wildman–Crippen MR) is 33.0 cm³/mol. The van der Waals surface area contributed by atoms with Gasteiger partial charge in [0, 0.05) is 0 Å². The molecule has 1 saturated heterocycles. The Balaban J connectivity index is 2.01. The van der Waals surface area contributed by atoms with E-state index >= 15 is 0 Å². The Hall–Kier alpha value is 0.660. The van der Waals surface area contributed by atoms with E-state index in [0.717, 1.165) is 0 Å². The van der Waals surface area contributed by atoms with Crippen LogP contribution in [0.15, 0.2) is 0 Å². The lowest BCUT2D eigenvalue weighted by Crippen LogP contribution is -2.39. The largest absolute Gasteiger partial charge is 0.305 e. The molecule has 1 N–H and O–H groups in total. The van der Waals surface area contributed by atoms with Gasteiger partial charge in [0.1, 0.15) is 0 Å². The smallest absolute Gasteiger partial charge is 0.0646 e. The Bertz CT molecular complexity index is 41.3. The van der Waals surface area contributed by atoms with Crippen molar-refractivity contribution in [3.05, 3.63) is 0 Å². The van der Waals surface area contributed by atoms with E-state index in [1.807, 2.05) is 0 Å². The second-order valence-corrected chi connectivity index (χ2v) is 2.75. The molecule has 1 fully saturated rings. The van der Waals surface area contributed by atoms with Crippen molar-refractivity contribution in [3.63, 3.8) is 0 Å². The molecule has 0 amide bonds. The first-order valence-corrected chi connectivity index (χ1v) is 3.90. The monoisotopic (exact) mass is 121 g/mol. The van der Waals surface area contributed by atoms with Gasteiger partial charge in [-0.25, -0.2) is 0 Å². The fourth-order valence-corrected chi connectivity index (χ4v) is 1.31. The molecule has 0 spiro atoms. The summed E-state index contributed by atoms with van der Waals surface area (Å²) < 4.78 is 0. The van der Waals surface area contributed by atoms with E-state index in [-0.39, 0.29) is 0 Å². The van der Waals surface area contributed by atoms with Crippen LogP contribution in [0, 0.1) is 0 Å². The molecule has 36 valence electrons. The molecule has 0 bridgehead atoms. The SMILES string of the molecule is SSC1CCN1. The minimum atomic E-state index is 0.647. The predicted octanol–water partition coefficient (Wildman–Crippen LogP) is 0.884. The maximum atomic E-state index is 4.00. The van der Waals surface area contributed by atoms with Crippen LogP contribution in [0.3, 0.4) is 0 Å². The Labute approximate surface area is 46.7 Å². The highest BCUT2D eigenvalue weighted by Gasteiger charge is 2.13. The van der Waals surface area contributed by atoms with Crippen LogP contribution in [-0.2, 0) is 0 Å². The average molecular weight is 121 g/mol. The van der Waals surface area contributed by atoms with Crippen molar-refractivity contribution in [2.45, 2.75) is 11.8 Å². The van der Waals surface area contributed by atoms with Gasteiger partial charge >= 0.3 is 0 Å². The van der Waals surface area contributed by atoms with Gasteiger partial charge < -0.3 is 5.32 Å². The molecule has 1 aliphatic rings. The van der Waals surface area contributed by atoms with Gasteiger partial charge in [0.05, 0.1) is 5.37 Å². The Morgan fingerprint density at radius 1 is 1.83 bits per heavy atom. The zero-order valence-electron chi connectivity index (χ0n) is 3.35. The van der Waals surface area contributed by atoms with Crippen molar-refractivity contribution in [1.82, 2.24) is 5.32 Å². The molecular weight excluding hydrogens is 114 g/mol. The number of thiol groups is 1. The highest BCUT2D eigenvalue weighted by Crippen LogP contribution is 2.19. The first-order chi connectivity index (χ1) is 2.93. The summed E-state index contributed by atoms with van der Waals surface area (Å²) in [5.74, 6) is 0. The highest BCUT2D eigenvalue weighted by molar-refractivity contribution is 8.68. The first kappa shape index (κ1) is 4.81. The highest BCUT2D eigenvalue weighted by atomic mass is 33.1. The summed E-state index contributed by atoms with van der Waals surface area (Å²) in [7, 11) is 1.59. The lowest BCUT2D eigenvalue weighted by atomic mass is 10.3. The first-order valence-electron chi connectivity index (χ1n) is 1.97. The van der Waals surface area contributed by atoms with Crippen LogP contribution in [0.25, 0.3) is 0 Å². The van der Waals surface area contributed by atoms with Gasteiger partial charge in [-0.2, -0.15) is 0 Å². The molecule has 1 rings (SSSR count). The van der Waals surface area contributed by atoms with Crippen molar-refractivity contribution in [1.29, 1.82) is 0 Å². The summed E-state index contributed by atoms with van der Waals surface area (Å²) in [5, 5.41) is 3.83. The van der Waals surface area contributed by atoms with Crippen molar-refractivity contribution < 1.29 is 0 Å². The van der Waals surface area contributed by atoms with Gasteiger partial charge in [0.25, 0.3) is 0 Å². The maximum Gasteiger partial charge on any atom is 0.0646 e. The Kier molecular flexibility index (Phi) is 1.68. The summed E-state index contributed by atoms with van der Waals surface area (Å²) in [4.78, 5) is 0. The van der Waals surface area contributed by atoms with Crippen LogP contribution in [-0.4, -0.2) is 11.9 Å². The Morgan fingerprint density at radius 2 is 2.50 bits per heavy atom. The average Bonchev–Trinajstić information content (AvgIpc) is 1.31. The summed E-state index contributed by atoms with van der Waals surface area (Å²) in [6.45, 7) is 1.18. The molecule has 1 nitrogen and oxygen atoms in total. The molecule has 0 saturated carbocycles. The number of nitrogens with one attached hydrogen (secondary N) is 1. The van der Waals surface area contributed by atoms with Crippen molar-refractivity contribution in [2.24, 2.45) is 0 Å². The molecule has 1 heterocycles. The molecule has 0 radical (unpaired) electrons. The minimum absolute atomic E-state index is 0.647. The molecule has 0 aromatic carbocycles. The van der Waals surface area contributed by atoms with E-state index in [4.69, 9.17) is 0 Å². The quantitative estimate of drug-likeness (QED) is 0.394. The van der Waals surface area contributed by atoms with E-state index in [9.17, 15) is 0 Å². The van der Waals surface area contributed by atoms with Crippen molar-refractivity contribution in [2.75, 3.05) is 6.54 Å². The van der Waals surface area contributed by atoms with Gasteiger partial charge in [0.15, 0.2) is 0 Å². The topological polar surface area (TPSA) is 12.0 Å². The third-order valence-electron chi connectivity index (χ3n) is 0.906. The van der Waals surface area contributed by atoms with Gasteiger partial charge in [-0.15, -0.1) is 11.7 Å². The number of hydrogen-bond acceptors (Lipinski definition) is 3. The van der Waals surface area contributed by atoms with Crippen LogP contribution >= 0.6 is 22.5 Å². The normalized spacial score (nSPS) is 32.5. The zero-order valence-corrected chi connectivity index (χ0v) is 5.06. The second-order valence-electron chi connectivity index (χ2n) is 1.34. The molecule has 0 aromatic rings. The molecule has 1 unspecified atom stereocenters. The van der Waals surface area contributed by atoms with Crippen molar-refractivity contribution >= 4 is 22.5 Å². The lowest BCUT2D eigenvalue weighted by molar-refractivity contribution is 0.489. The van der Waals surface area contributed by atoms with Gasteiger partial charge in [-0.3, -0.25) is 0 Å². The van der Waals surface area contributed by atoms with Crippen molar-refractivity contribution in [3.8, 4) is 0 Å². The van der Waals surface area contributed by atoms with Crippen LogP contribution in [0.4, 0.5) is 0 Å². The van der Waals surface area contributed by atoms with Gasteiger partial charge in [-0.05, 0) is 13.0 Å². The number of rotatable bonds is 1. The molecule has 3 heteroatoms. The molecule has 0 aliphatic carbocycles. The van der Waals surface area contributed by atoms with Crippen LogP contribution in [0.5, 0.6) is 0 Å². The lowest BCUT2D eigenvalue weighted by Gasteiger charge is -2.23. The third-order valence-corrected chi connectivity index (χ3v) is 2.33. The van der Waals surface area contributed by atoms with Crippen LogP contribution in [0.2, 0.25) is 0 Å². The van der Waals surface area contributed by atoms with E-state index in [1.165, 1.54) is 13.0 Å². The Morgan fingerprint density at radius 3 is 2.50 bits per heavy atom. The third kappa shape index (κ3) is 0.832. The fraction of sp³-hybridized carbons (Fsp3) is 1.00. The molecule has 6 heavy (non-hydrogen) atoms. The van der Waals surface area contributed by atoms with Gasteiger partial charge in [-0.1, -0.05) is 10.8 Å². The second kappa shape index (κ2) is 2.09. The van der Waals surface area contributed by atoms with E-state index in [0.29, 0.717) is 5.37 Å². The van der Waals surface area contributed by atoms with Gasteiger partial charge in [0.2, 0.25) is 0 Å². The molecule has 1 aliphatic heterocycles. The van der Waals surface area contributed by atoms with E-state index < -0.39 is 0 Å². The van der Waals surface area contributed by atoms with Crippen LogP contribution in [0.1, 0.15) is 6.42 Å². The molecule has 0 aromatic heterocycles. The van der Waals surface area contributed by atoms with E-state index in [2.05, 4.69) is 17.0 Å². The number of hydrogen-bond donors (Lipinski definition) is 2. The minimum Gasteiger partial charge on any atom is -0.305 e. The maximum absolute atomic E-state index is 4.00.